The number of nitrogens with one attached hydrogen (secondary N) is 2. The number of aromatic nitrogens is 1. The summed E-state index contributed by atoms with van der Waals surface area (Å²) in [7, 11) is 1.30. The van der Waals surface area contributed by atoms with Crippen molar-refractivity contribution in [1.82, 2.24) is 15.2 Å². The number of thiophene rings is 1. The van der Waals surface area contributed by atoms with Gasteiger partial charge in [0.25, 0.3) is 0 Å². The van der Waals surface area contributed by atoms with Crippen LogP contribution >= 0.6 is 11.3 Å². The van der Waals surface area contributed by atoms with Crippen LogP contribution in [0.2, 0.25) is 0 Å². The van der Waals surface area contributed by atoms with Crippen molar-refractivity contribution < 1.29 is 14.3 Å². The molecule has 0 aliphatic rings. The van der Waals surface area contributed by atoms with E-state index in [-0.39, 0.29) is 0 Å². The average Bonchev–Trinajstić information content (AvgIpc) is 3.44. The number of amides is 2. The lowest BCUT2D eigenvalue weighted by atomic mass is 10.1. The molecule has 0 aliphatic heterocycles. The van der Waals surface area contributed by atoms with Crippen molar-refractivity contribution >= 4 is 34.2 Å². The number of carbonyl (C=O) groups excluding carboxylic acids is 2. The van der Waals surface area contributed by atoms with Crippen LogP contribution < -0.4 is 10.6 Å². The highest BCUT2D eigenvalue weighted by molar-refractivity contribution is 7.13. The van der Waals surface area contributed by atoms with Crippen molar-refractivity contribution in [3.63, 3.8) is 0 Å². The van der Waals surface area contributed by atoms with Gasteiger partial charge in [-0.1, -0.05) is 54.6 Å². The summed E-state index contributed by atoms with van der Waals surface area (Å²) in [6, 6.07) is 21.6. The summed E-state index contributed by atoms with van der Waals surface area (Å²) in [5.74, 6) is -0.487. The third-order valence-electron chi connectivity index (χ3n) is 5.34. The van der Waals surface area contributed by atoms with Crippen LogP contribution in [-0.4, -0.2) is 29.7 Å². The van der Waals surface area contributed by atoms with Crippen LogP contribution in [0, 0.1) is 0 Å². The number of rotatable bonds is 7. The fraction of sp³-hybridized carbons (Fsp3) is 0.200. The highest BCUT2D eigenvalue weighted by Crippen LogP contribution is 2.36. The number of nitrogens with zero attached hydrogens (tertiary/aromatic N) is 1. The molecule has 0 spiro atoms. The molecule has 0 fully saturated rings. The first-order chi connectivity index (χ1) is 15.6. The molecule has 1 atom stereocenters. The van der Waals surface area contributed by atoms with E-state index >= 15 is 0 Å². The number of carbonyl (C=O) groups is 2. The summed E-state index contributed by atoms with van der Waals surface area (Å²) in [6.45, 7) is 2.64. The van der Waals surface area contributed by atoms with E-state index in [0.717, 1.165) is 33.6 Å². The van der Waals surface area contributed by atoms with Crippen LogP contribution in [0.1, 0.15) is 18.1 Å². The molecule has 164 valence electrons. The van der Waals surface area contributed by atoms with Crippen molar-refractivity contribution in [3.8, 4) is 10.6 Å². The smallest absolute Gasteiger partial charge is 0.328 e. The molecular formula is C25H25N3O3S. The topological polar surface area (TPSA) is 72.4 Å². The standard InChI is InChI=1S/C25H25N3O3S/c1-17(24(29)31-2)27-25(30)26-15-20-19-11-6-7-12-21(19)28(16-18-9-4-3-5-10-18)23(20)22-13-8-14-32-22/h3-14,17H,15-16H2,1-2H3,(H2,26,27,30). The van der Waals surface area contributed by atoms with Crippen molar-refractivity contribution in [2.45, 2.75) is 26.1 Å². The van der Waals surface area contributed by atoms with Gasteiger partial charge in [0.1, 0.15) is 6.04 Å². The molecule has 0 saturated heterocycles. The molecule has 32 heavy (non-hydrogen) atoms. The number of urea groups is 1. The number of benzene rings is 2. The molecule has 2 N–H and O–H groups in total. The zero-order valence-corrected chi connectivity index (χ0v) is 18.8. The third kappa shape index (κ3) is 4.53. The van der Waals surface area contributed by atoms with E-state index in [2.05, 4.69) is 55.6 Å². The highest BCUT2D eigenvalue weighted by atomic mass is 32.1. The minimum Gasteiger partial charge on any atom is -0.467 e. The van der Waals surface area contributed by atoms with Crippen molar-refractivity contribution in [2.24, 2.45) is 0 Å². The van der Waals surface area contributed by atoms with E-state index in [1.807, 2.05) is 36.4 Å². The summed E-state index contributed by atoms with van der Waals surface area (Å²) in [6.07, 6.45) is 0. The van der Waals surface area contributed by atoms with Gasteiger partial charge >= 0.3 is 12.0 Å². The molecule has 0 radical (unpaired) electrons. The van der Waals surface area contributed by atoms with Crippen LogP contribution in [0.5, 0.6) is 0 Å². The first-order valence-corrected chi connectivity index (χ1v) is 11.3. The molecule has 4 aromatic rings. The number of fused-ring (bicyclic) bond motifs is 1. The van der Waals surface area contributed by atoms with Crippen LogP contribution in [0.25, 0.3) is 21.5 Å². The number of esters is 1. The summed E-state index contributed by atoms with van der Waals surface area (Å²) in [5, 5.41) is 8.68. The van der Waals surface area contributed by atoms with Gasteiger partial charge in [0.05, 0.1) is 17.7 Å². The van der Waals surface area contributed by atoms with E-state index in [0.29, 0.717) is 6.54 Å². The Morgan fingerprint density at radius 1 is 1.03 bits per heavy atom. The lowest BCUT2D eigenvalue weighted by Crippen LogP contribution is -2.44. The van der Waals surface area contributed by atoms with Crippen LogP contribution in [-0.2, 0) is 22.6 Å². The normalized spacial score (nSPS) is 11.8. The van der Waals surface area contributed by atoms with Crippen molar-refractivity contribution in [1.29, 1.82) is 0 Å². The van der Waals surface area contributed by atoms with Gasteiger partial charge in [0, 0.05) is 29.6 Å². The van der Waals surface area contributed by atoms with Gasteiger partial charge in [-0.05, 0) is 30.0 Å². The molecule has 0 aliphatic carbocycles. The molecule has 2 aromatic carbocycles. The Kier molecular flexibility index (Phi) is 6.56. The first-order valence-electron chi connectivity index (χ1n) is 10.4. The van der Waals surface area contributed by atoms with E-state index in [1.54, 1.807) is 18.3 Å². The zero-order chi connectivity index (χ0) is 22.5. The Hall–Kier alpha value is -3.58. The Bertz CT molecular complexity index is 1220. The second-order valence-corrected chi connectivity index (χ2v) is 8.41. The average molecular weight is 448 g/mol. The largest absolute Gasteiger partial charge is 0.467 e. The number of hydrogen-bond donors (Lipinski definition) is 2. The fourth-order valence-electron chi connectivity index (χ4n) is 3.83. The molecule has 0 saturated carbocycles. The van der Waals surface area contributed by atoms with Gasteiger partial charge in [-0.3, -0.25) is 0 Å². The van der Waals surface area contributed by atoms with Crippen LogP contribution in [0.15, 0.2) is 72.1 Å². The Morgan fingerprint density at radius 3 is 2.50 bits per heavy atom. The summed E-state index contributed by atoms with van der Waals surface area (Å²) in [5.41, 5.74) is 4.45. The van der Waals surface area contributed by atoms with Crippen LogP contribution in [0.3, 0.4) is 0 Å². The number of methoxy groups -OCH3 is 1. The molecule has 2 aromatic heterocycles. The number of hydrogen-bond acceptors (Lipinski definition) is 4. The Balaban J connectivity index is 1.71. The molecule has 2 amide bonds. The molecule has 1 unspecified atom stereocenters. The highest BCUT2D eigenvalue weighted by Gasteiger charge is 2.21. The second kappa shape index (κ2) is 9.70. The molecule has 6 nitrogen and oxygen atoms in total. The molecule has 7 heteroatoms. The SMILES string of the molecule is COC(=O)C(C)NC(=O)NCc1c(-c2cccs2)n(Cc2ccccc2)c2ccccc12. The first kappa shape index (κ1) is 21.6. The van der Waals surface area contributed by atoms with Crippen molar-refractivity contribution in [3.05, 3.63) is 83.2 Å². The molecule has 0 bridgehead atoms. The van der Waals surface area contributed by atoms with Gasteiger partial charge in [-0.15, -0.1) is 11.3 Å². The van der Waals surface area contributed by atoms with Gasteiger partial charge in [0.2, 0.25) is 0 Å². The number of para-hydroxylation sites is 1. The summed E-state index contributed by atoms with van der Waals surface area (Å²) in [4.78, 5) is 25.2. The van der Waals surface area contributed by atoms with Crippen LogP contribution in [0.4, 0.5) is 4.79 Å². The van der Waals surface area contributed by atoms with Crippen molar-refractivity contribution in [2.75, 3.05) is 7.11 Å². The second-order valence-electron chi connectivity index (χ2n) is 7.47. The van der Waals surface area contributed by atoms with E-state index < -0.39 is 18.0 Å². The van der Waals surface area contributed by atoms with E-state index in [4.69, 9.17) is 0 Å². The molecule has 2 heterocycles. The number of ether oxygens (including phenoxy) is 1. The summed E-state index contributed by atoms with van der Waals surface area (Å²) >= 11 is 1.67. The van der Waals surface area contributed by atoms with Gasteiger partial charge in [-0.2, -0.15) is 0 Å². The van der Waals surface area contributed by atoms with E-state index in [1.165, 1.54) is 12.7 Å². The summed E-state index contributed by atoms with van der Waals surface area (Å²) < 4.78 is 6.99. The van der Waals surface area contributed by atoms with Gasteiger partial charge in [-0.25, -0.2) is 9.59 Å². The lowest BCUT2D eigenvalue weighted by Gasteiger charge is -2.14. The lowest BCUT2D eigenvalue weighted by molar-refractivity contribution is -0.142. The fourth-order valence-corrected chi connectivity index (χ4v) is 4.64. The predicted octanol–water partition coefficient (Wildman–Crippen LogP) is 4.78. The minimum absolute atomic E-state index is 0.329. The third-order valence-corrected chi connectivity index (χ3v) is 6.22. The quantitative estimate of drug-likeness (QED) is 0.401. The van der Waals surface area contributed by atoms with Gasteiger partial charge in [0.15, 0.2) is 0 Å². The predicted molar refractivity (Wildman–Crippen MR) is 128 cm³/mol. The molecular weight excluding hydrogens is 422 g/mol. The minimum atomic E-state index is -0.726. The van der Waals surface area contributed by atoms with E-state index in [9.17, 15) is 9.59 Å². The molecule has 4 rings (SSSR count). The monoisotopic (exact) mass is 447 g/mol. The maximum Gasteiger partial charge on any atom is 0.328 e. The zero-order valence-electron chi connectivity index (χ0n) is 18.0. The Morgan fingerprint density at radius 2 is 1.78 bits per heavy atom. The van der Waals surface area contributed by atoms with Gasteiger partial charge < -0.3 is 19.9 Å². The maximum atomic E-state index is 12.4. The Labute approximate surface area is 190 Å². The maximum absolute atomic E-state index is 12.4.